The van der Waals surface area contributed by atoms with Gasteiger partial charge in [0.1, 0.15) is 0 Å². The lowest BCUT2D eigenvalue weighted by molar-refractivity contribution is 0.126. The van der Waals surface area contributed by atoms with Crippen LogP contribution in [0.5, 0.6) is 0 Å². The molecule has 0 aliphatic heterocycles. The van der Waals surface area contributed by atoms with Gasteiger partial charge in [0.2, 0.25) is 0 Å². The van der Waals surface area contributed by atoms with E-state index in [1.807, 2.05) is 0 Å². The highest BCUT2D eigenvalue weighted by molar-refractivity contribution is 4.80. The maximum Gasteiger partial charge on any atom is -0.0308 e. The third kappa shape index (κ3) is 12.2. The Kier molecular flexibility index (Phi) is 11.0. The maximum atomic E-state index is 2.35. The minimum Gasteiger partial charge on any atom is -0.0654 e. The molecule has 1 atom stereocenters. The molecule has 21 heavy (non-hydrogen) atoms. The zero-order chi connectivity index (χ0) is 17.3. The number of rotatable bonds is 6. The fourth-order valence-electron chi connectivity index (χ4n) is 2.34. The zero-order valence-corrected chi connectivity index (χ0v) is 17.3. The Morgan fingerprint density at radius 2 is 1.24 bits per heavy atom. The molecule has 0 aromatic heterocycles. The van der Waals surface area contributed by atoms with Gasteiger partial charge in [0, 0.05) is 0 Å². The fraction of sp³-hybridized carbons (Fsp3) is 1.00. The van der Waals surface area contributed by atoms with Gasteiger partial charge in [-0.15, -0.1) is 0 Å². The quantitative estimate of drug-likeness (QED) is 0.464. The van der Waals surface area contributed by atoms with Crippen LogP contribution >= 0.6 is 0 Å². The van der Waals surface area contributed by atoms with Gasteiger partial charge in [-0.25, -0.2) is 0 Å². The lowest BCUT2D eigenvalue weighted by atomic mass is 9.68. The lowest BCUT2D eigenvalue weighted by Crippen LogP contribution is -2.28. The molecule has 0 amide bonds. The van der Waals surface area contributed by atoms with E-state index in [0.29, 0.717) is 16.2 Å². The third-order valence-corrected chi connectivity index (χ3v) is 5.36. The van der Waals surface area contributed by atoms with Gasteiger partial charge in [0.15, 0.2) is 0 Å². The molecule has 1 unspecified atom stereocenters. The molecule has 0 N–H and O–H groups in total. The van der Waals surface area contributed by atoms with Gasteiger partial charge in [0.05, 0.1) is 0 Å². The van der Waals surface area contributed by atoms with Crippen LogP contribution in [0.25, 0.3) is 0 Å². The van der Waals surface area contributed by atoms with Crippen LogP contribution in [-0.2, 0) is 0 Å². The van der Waals surface area contributed by atoms with E-state index in [4.69, 9.17) is 0 Å². The van der Waals surface area contributed by atoms with Crippen molar-refractivity contribution in [2.75, 3.05) is 0 Å². The summed E-state index contributed by atoms with van der Waals surface area (Å²) in [6.07, 6.45) is 8.21. The van der Waals surface area contributed by atoms with Crippen molar-refractivity contribution in [1.82, 2.24) is 0 Å². The summed E-state index contributed by atoms with van der Waals surface area (Å²) in [5.74, 6) is 0.963. The molecule has 0 nitrogen and oxygen atoms in total. The summed E-state index contributed by atoms with van der Waals surface area (Å²) in [6.45, 7) is 25.5. The molecule has 0 aromatic carbocycles. The topological polar surface area (TPSA) is 0 Å². The smallest absolute Gasteiger partial charge is 0.0308 e. The van der Waals surface area contributed by atoms with Crippen molar-refractivity contribution in [3.05, 3.63) is 0 Å². The van der Waals surface area contributed by atoms with Crippen LogP contribution in [0, 0.1) is 22.2 Å². The second-order valence-corrected chi connectivity index (χ2v) is 9.67. The largest absolute Gasteiger partial charge is 0.0654 e. The molecule has 0 spiro atoms. The number of hydrogen-bond donors (Lipinski definition) is 0. The van der Waals surface area contributed by atoms with Crippen molar-refractivity contribution in [1.29, 1.82) is 0 Å². The Morgan fingerprint density at radius 1 is 0.762 bits per heavy atom. The molecule has 0 heteroatoms. The Morgan fingerprint density at radius 3 is 1.43 bits per heavy atom. The molecule has 0 fully saturated rings. The standard InChI is InChI=1S/C12H26.C9H20/c1-6-8-9-11(7-2)10-12(3,4)5;1-7-9(5,6)8(2,3)4/h11H,6-10H2,1-5H3;7H2,1-6H3. The Labute approximate surface area is 137 Å². The van der Waals surface area contributed by atoms with E-state index in [1.165, 1.54) is 38.5 Å². The normalized spacial score (nSPS) is 14.4. The highest BCUT2D eigenvalue weighted by Crippen LogP contribution is 2.40. The summed E-state index contributed by atoms with van der Waals surface area (Å²) in [7, 11) is 0. The van der Waals surface area contributed by atoms with Crippen LogP contribution in [0.1, 0.15) is 115 Å². The monoisotopic (exact) mass is 298 g/mol. The van der Waals surface area contributed by atoms with E-state index < -0.39 is 0 Å². The first-order chi connectivity index (χ1) is 9.30. The van der Waals surface area contributed by atoms with Gasteiger partial charge in [0.25, 0.3) is 0 Å². The summed E-state index contributed by atoms with van der Waals surface area (Å²) >= 11 is 0. The highest BCUT2D eigenvalue weighted by atomic mass is 14.3. The van der Waals surface area contributed by atoms with Gasteiger partial charge in [-0.2, -0.15) is 0 Å². The summed E-state index contributed by atoms with van der Waals surface area (Å²) < 4.78 is 0. The third-order valence-electron chi connectivity index (χ3n) is 5.36. The molecule has 130 valence electrons. The van der Waals surface area contributed by atoms with Crippen molar-refractivity contribution in [3.8, 4) is 0 Å². The summed E-state index contributed by atoms with van der Waals surface area (Å²) in [5, 5.41) is 0. The summed E-state index contributed by atoms with van der Waals surface area (Å²) in [5.41, 5.74) is 1.45. The van der Waals surface area contributed by atoms with E-state index in [0.717, 1.165) is 5.92 Å². The Hall–Kier alpha value is 0. The highest BCUT2D eigenvalue weighted by Gasteiger charge is 2.30. The zero-order valence-electron chi connectivity index (χ0n) is 17.3. The SMILES string of the molecule is CCC(C)(C)C(C)(C)C.CCCCC(CC)CC(C)(C)C. The van der Waals surface area contributed by atoms with Crippen LogP contribution in [0.15, 0.2) is 0 Å². The molecular formula is C21H46. The first-order valence-corrected chi connectivity index (χ1v) is 9.30. The van der Waals surface area contributed by atoms with E-state index in [1.54, 1.807) is 0 Å². The fourth-order valence-corrected chi connectivity index (χ4v) is 2.34. The molecule has 0 saturated carbocycles. The lowest BCUT2D eigenvalue weighted by Gasteiger charge is -2.37. The van der Waals surface area contributed by atoms with E-state index in [9.17, 15) is 0 Å². The molecule has 0 saturated heterocycles. The molecular weight excluding hydrogens is 252 g/mol. The van der Waals surface area contributed by atoms with E-state index >= 15 is 0 Å². The van der Waals surface area contributed by atoms with Crippen LogP contribution in [0.3, 0.4) is 0 Å². The maximum absolute atomic E-state index is 2.35. The number of unbranched alkanes of at least 4 members (excludes halogenated alkanes) is 1. The minimum atomic E-state index is 0.446. The van der Waals surface area contributed by atoms with Crippen molar-refractivity contribution < 1.29 is 0 Å². The van der Waals surface area contributed by atoms with Gasteiger partial charge in [-0.1, -0.05) is 108 Å². The van der Waals surface area contributed by atoms with Crippen molar-refractivity contribution in [2.45, 2.75) is 115 Å². The molecule has 0 aliphatic rings. The van der Waals surface area contributed by atoms with E-state index in [-0.39, 0.29) is 0 Å². The molecule has 0 aliphatic carbocycles. The van der Waals surface area contributed by atoms with Gasteiger partial charge >= 0.3 is 0 Å². The van der Waals surface area contributed by atoms with Gasteiger partial charge in [-0.05, 0) is 28.6 Å². The molecule has 0 rings (SSSR count). The average molecular weight is 299 g/mol. The predicted molar refractivity (Wildman–Crippen MR) is 101 cm³/mol. The first kappa shape index (κ1) is 23.3. The molecule has 0 heterocycles. The van der Waals surface area contributed by atoms with Crippen LogP contribution in [0.4, 0.5) is 0 Å². The predicted octanol–water partition coefficient (Wildman–Crippen LogP) is 8.11. The summed E-state index contributed by atoms with van der Waals surface area (Å²) in [6, 6.07) is 0. The second-order valence-electron chi connectivity index (χ2n) is 9.67. The molecule has 0 aromatic rings. The second kappa shape index (κ2) is 9.90. The van der Waals surface area contributed by atoms with E-state index in [2.05, 4.69) is 76.2 Å². The van der Waals surface area contributed by atoms with Crippen molar-refractivity contribution >= 4 is 0 Å². The Balaban J connectivity index is 0. The molecule has 0 bridgehead atoms. The van der Waals surface area contributed by atoms with Crippen LogP contribution in [-0.4, -0.2) is 0 Å². The van der Waals surface area contributed by atoms with Crippen molar-refractivity contribution in [2.24, 2.45) is 22.2 Å². The van der Waals surface area contributed by atoms with Gasteiger partial charge < -0.3 is 0 Å². The number of hydrogen-bond acceptors (Lipinski definition) is 0. The first-order valence-electron chi connectivity index (χ1n) is 9.30. The Bertz CT molecular complexity index is 234. The minimum absolute atomic E-state index is 0.446. The van der Waals surface area contributed by atoms with Gasteiger partial charge in [-0.3, -0.25) is 0 Å². The van der Waals surface area contributed by atoms with Crippen LogP contribution in [0.2, 0.25) is 0 Å². The average Bonchev–Trinajstić information content (AvgIpc) is 2.32. The van der Waals surface area contributed by atoms with Crippen molar-refractivity contribution in [3.63, 3.8) is 0 Å². The summed E-state index contributed by atoms with van der Waals surface area (Å²) in [4.78, 5) is 0. The molecule has 0 radical (unpaired) electrons. The van der Waals surface area contributed by atoms with Crippen LogP contribution < -0.4 is 0 Å².